The number of primary amides is 1. The van der Waals surface area contributed by atoms with Crippen LogP contribution >= 0.6 is 0 Å². The fraction of sp³-hybridized carbons (Fsp3) is 0.533. The molecule has 1 saturated heterocycles. The lowest BCUT2D eigenvalue weighted by Gasteiger charge is -2.41. The van der Waals surface area contributed by atoms with Crippen LogP contribution in [0.25, 0.3) is 0 Å². The first-order chi connectivity index (χ1) is 10.2. The van der Waals surface area contributed by atoms with Crippen LogP contribution in [0.1, 0.15) is 18.4 Å². The molecule has 0 saturated carbocycles. The van der Waals surface area contributed by atoms with Crippen LogP contribution in [0.3, 0.4) is 0 Å². The first-order valence-corrected chi connectivity index (χ1v) is 7.09. The van der Waals surface area contributed by atoms with E-state index < -0.39 is 36.6 Å². The maximum atomic E-state index is 12.8. The minimum Gasteiger partial charge on any atom is -0.380 e. The molecule has 0 aliphatic carbocycles. The van der Waals surface area contributed by atoms with E-state index in [2.05, 4.69) is 0 Å². The molecule has 1 atom stereocenters. The van der Waals surface area contributed by atoms with E-state index in [9.17, 15) is 23.1 Å². The molecule has 2 rings (SSSR count). The number of aliphatic hydroxyl groups is 1. The first kappa shape index (κ1) is 16.8. The molecular formula is C15H19F3N2O2. The molecule has 4 nitrogen and oxygen atoms in total. The number of benzene rings is 1. The fourth-order valence-corrected chi connectivity index (χ4v) is 2.74. The van der Waals surface area contributed by atoms with Crippen molar-refractivity contribution < 1.29 is 23.1 Å². The number of nitrogens with two attached hydrogens (primary N) is 1. The van der Waals surface area contributed by atoms with E-state index >= 15 is 0 Å². The van der Waals surface area contributed by atoms with Crippen molar-refractivity contribution in [1.82, 2.24) is 4.90 Å². The predicted molar refractivity (Wildman–Crippen MR) is 74.9 cm³/mol. The summed E-state index contributed by atoms with van der Waals surface area (Å²) in [6, 6.07) is 8.50. The molecule has 7 heteroatoms. The standard InChI is InChI=1S/C15H19F3N2O2/c16-15(17,18)14(22)6-8-20(9-7-14)12(13(19)21)10-11-4-2-1-3-5-11/h1-5,12,22H,6-10H2,(H2,19,21)/t12-/m0/s1. The third-order valence-corrected chi connectivity index (χ3v) is 4.19. The zero-order valence-corrected chi connectivity index (χ0v) is 12.0. The van der Waals surface area contributed by atoms with Crippen molar-refractivity contribution >= 4 is 5.91 Å². The Hall–Kier alpha value is -1.60. The van der Waals surface area contributed by atoms with Crippen molar-refractivity contribution in [2.45, 2.75) is 37.1 Å². The SMILES string of the molecule is NC(=O)[C@H](Cc1ccccc1)N1CCC(O)(C(F)(F)F)CC1. The van der Waals surface area contributed by atoms with Gasteiger partial charge in [-0.25, -0.2) is 0 Å². The van der Waals surface area contributed by atoms with Gasteiger partial charge in [-0.3, -0.25) is 9.69 Å². The average molecular weight is 316 g/mol. The smallest absolute Gasteiger partial charge is 0.380 e. The van der Waals surface area contributed by atoms with Crippen LogP contribution in [0, 0.1) is 0 Å². The summed E-state index contributed by atoms with van der Waals surface area (Å²) >= 11 is 0. The van der Waals surface area contributed by atoms with Gasteiger partial charge in [-0.15, -0.1) is 0 Å². The number of alkyl halides is 3. The molecule has 1 aliphatic rings. The van der Waals surface area contributed by atoms with Gasteiger partial charge < -0.3 is 10.8 Å². The Morgan fingerprint density at radius 2 is 1.82 bits per heavy atom. The zero-order chi connectivity index (χ0) is 16.4. The molecule has 0 radical (unpaired) electrons. The number of nitrogens with zero attached hydrogens (tertiary/aromatic N) is 1. The van der Waals surface area contributed by atoms with Gasteiger partial charge in [0.05, 0.1) is 6.04 Å². The molecule has 1 aliphatic heterocycles. The summed E-state index contributed by atoms with van der Waals surface area (Å²) in [6.45, 7) is -0.0348. The number of carbonyl (C=O) groups excluding carboxylic acids is 1. The van der Waals surface area contributed by atoms with Crippen molar-refractivity contribution in [3.63, 3.8) is 0 Å². The molecule has 3 N–H and O–H groups in total. The van der Waals surface area contributed by atoms with Gasteiger partial charge >= 0.3 is 6.18 Å². The van der Waals surface area contributed by atoms with Crippen molar-refractivity contribution in [1.29, 1.82) is 0 Å². The third kappa shape index (κ3) is 3.59. The number of carbonyl (C=O) groups is 1. The Morgan fingerprint density at radius 1 is 1.27 bits per heavy atom. The van der Waals surface area contributed by atoms with Crippen LogP contribution in [-0.4, -0.2) is 46.8 Å². The molecule has 1 aromatic carbocycles. The summed E-state index contributed by atoms with van der Waals surface area (Å²) in [6.07, 6.45) is -5.20. The van der Waals surface area contributed by atoms with Gasteiger partial charge in [-0.2, -0.15) is 13.2 Å². The number of halogens is 3. The Morgan fingerprint density at radius 3 is 2.27 bits per heavy atom. The van der Waals surface area contributed by atoms with Gasteiger partial charge in [0.25, 0.3) is 0 Å². The first-order valence-electron chi connectivity index (χ1n) is 7.09. The topological polar surface area (TPSA) is 66.6 Å². The van der Waals surface area contributed by atoms with Crippen molar-refractivity contribution in [3.8, 4) is 0 Å². The zero-order valence-electron chi connectivity index (χ0n) is 12.0. The molecular weight excluding hydrogens is 297 g/mol. The Kier molecular flexibility index (Phi) is 4.77. The van der Waals surface area contributed by atoms with Crippen LogP contribution in [0.2, 0.25) is 0 Å². The van der Waals surface area contributed by atoms with E-state index in [1.165, 1.54) is 0 Å². The largest absolute Gasteiger partial charge is 0.417 e. The minimum absolute atomic E-state index is 0.0174. The van der Waals surface area contributed by atoms with E-state index in [0.717, 1.165) is 5.56 Å². The second-order valence-electron chi connectivity index (χ2n) is 5.67. The van der Waals surface area contributed by atoms with Crippen LogP contribution < -0.4 is 5.73 Å². The quantitative estimate of drug-likeness (QED) is 0.884. The van der Waals surface area contributed by atoms with Crippen molar-refractivity contribution in [3.05, 3.63) is 35.9 Å². The molecule has 22 heavy (non-hydrogen) atoms. The van der Waals surface area contributed by atoms with Gasteiger partial charge in [0.1, 0.15) is 0 Å². The summed E-state index contributed by atoms with van der Waals surface area (Å²) in [5.41, 5.74) is 3.63. The average Bonchev–Trinajstić information content (AvgIpc) is 2.46. The number of amides is 1. The number of hydrogen-bond donors (Lipinski definition) is 2. The lowest BCUT2D eigenvalue weighted by Crippen LogP contribution is -2.57. The fourth-order valence-electron chi connectivity index (χ4n) is 2.74. The number of piperidine rings is 1. The highest BCUT2D eigenvalue weighted by atomic mass is 19.4. The highest BCUT2D eigenvalue weighted by Gasteiger charge is 2.55. The van der Waals surface area contributed by atoms with Crippen LogP contribution in [0.4, 0.5) is 13.2 Å². The molecule has 1 fully saturated rings. The molecule has 122 valence electrons. The van der Waals surface area contributed by atoms with Gasteiger partial charge in [-0.05, 0) is 24.8 Å². The molecule has 0 unspecified atom stereocenters. The van der Waals surface area contributed by atoms with Crippen molar-refractivity contribution in [2.75, 3.05) is 13.1 Å². The van der Waals surface area contributed by atoms with E-state index in [1.54, 1.807) is 4.90 Å². The lowest BCUT2D eigenvalue weighted by atomic mass is 9.89. The lowest BCUT2D eigenvalue weighted by molar-refractivity contribution is -0.273. The van der Waals surface area contributed by atoms with E-state index in [1.807, 2.05) is 30.3 Å². The predicted octanol–water partition coefficient (Wildman–Crippen LogP) is 1.47. The molecule has 0 aromatic heterocycles. The van der Waals surface area contributed by atoms with Gasteiger partial charge in [0.2, 0.25) is 5.91 Å². The Labute approximate surface area is 126 Å². The summed E-state index contributed by atoms with van der Waals surface area (Å²) in [7, 11) is 0. The second kappa shape index (κ2) is 6.26. The van der Waals surface area contributed by atoms with Crippen molar-refractivity contribution in [2.24, 2.45) is 5.73 Å². The van der Waals surface area contributed by atoms with E-state index in [4.69, 9.17) is 5.73 Å². The Bertz CT molecular complexity index is 511. The van der Waals surface area contributed by atoms with Gasteiger partial charge in [0, 0.05) is 13.1 Å². The molecule has 0 bridgehead atoms. The molecule has 0 spiro atoms. The second-order valence-corrected chi connectivity index (χ2v) is 5.67. The van der Waals surface area contributed by atoms with E-state index in [-0.39, 0.29) is 13.1 Å². The summed E-state index contributed by atoms with van der Waals surface area (Å²) in [4.78, 5) is 13.3. The van der Waals surface area contributed by atoms with Crippen LogP contribution in [-0.2, 0) is 11.2 Å². The molecule has 1 heterocycles. The normalized spacial score (nSPS) is 20.5. The van der Waals surface area contributed by atoms with E-state index in [0.29, 0.717) is 6.42 Å². The third-order valence-electron chi connectivity index (χ3n) is 4.19. The molecule has 1 amide bonds. The summed E-state index contributed by atoms with van der Waals surface area (Å²) in [5.74, 6) is -0.568. The highest BCUT2D eigenvalue weighted by molar-refractivity contribution is 5.80. The number of likely N-dealkylation sites (tertiary alicyclic amines) is 1. The van der Waals surface area contributed by atoms with Gasteiger partial charge in [-0.1, -0.05) is 30.3 Å². The monoisotopic (exact) mass is 316 g/mol. The maximum absolute atomic E-state index is 12.8. The number of rotatable bonds is 4. The van der Waals surface area contributed by atoms with Crippen LogP contribution in [0.15, 0.2) is 30.3 Å². The number of hydrogen-bond acceptors (Lipinski definition) is 3. The van der Waals surface area contributed by atoms with Crippen LogP contribution in [0.5, 0.6) is 0 Å². The minimum atomic E-state index is -4.65. The Balaban J connectivity index is 2.05. The summed E-state index contributed by atoms with van der Waals surface area (Å²) < 4.78 is 38.4. The summed E-state index contributed by atoms with van der Waals surface area (Å²) in [5, 5.41) is 9.67. The highest BCUT2D eigenvalue weighted by Crippen LogP contribution is 2.38. The maximum Gasteiger partial charge on any atom is 0.417 e. The molecule has 1 aromatic rings. The van der Waals surface area contributed by atoms with Gasteiger partial charge in [0.15, 0.2) is 5.60 Å².